The topological polar surface area (TPSA) is 21.3 Å². The summed E-state index contributed by atoms with van der Waals surface area (Å²) in [5, 5.41) is 3.20. The van der Waals surface area contributed by atoms with Gasteiger partial charge in [0.2, 0.25) is 0 Å². The monoisotopic (exact) mass is 483 g/mol. The van der Waals surface area contributed by atoms with Crippen molar-refractivity contribution in [2.24, 2.45) is 0 Å². The molecule has 0 aromatic heterocycles. The van der Waals surface area contributed by atoms with Gasteiger partial charge < -0.3 is 10.1 Å². The Kier molecular flexibility index (Phi) is 6.01. The molecule has 112 valence electrons. The lowest BCUT2D eigenvalue weighted by Crippen LogP contribution is -2.07. The smallest absolute Gasteiger partial charge is 0.387 e. The van der Waals surface area contributed by atoms with Gasteiger partial charge in [0.15, 0.2) is 0 Å². The van der Waals surface area contributed by atoms with E-state index in [4.69, 9.17) is 0 Å². The fourth-order valence-corrected chi connectivity index (χ4v) is 3.43. The summed E-state index contributed by atoms with van der Waals surface area (Å²) < 4.78 is 31.9. The molecule has 1 N–H and O–H groups in total. The van der Waals surface area contributed by atoms with Crippen LogP contribution in [0.5, 0.6) is 5.75 Å². The largest absolute Gasteiger partial charge is 0.434 e. The van der Waals surface area contributed by atoms with E-state index in [9.17, 15) is 8.78 Å². The molecular weight excluding hydrogens is 476 g/mol. The molecule has 0 aliphatic rings. The highest BCUT2D eigenvalue weighted by atomic mass is 79.9. The molecule has 0 bridgehead atoms. The first kappa shape index (κ1) is 16.7. The second-order valence-electron chi connectivity index (χ2n) is 4.08. The number of para-hydroxylation sites is 1. The summed E-state index contributed by atoms with van der Waals surface area (Å²) >= 11 is 10.2. The summed E-state index contributed by atoms with van der Waals surface area (Å²) in [4.78, 5) is 0. The van der Waals surface area contributed by atoms with E-state index in [1.54, 1.807) is 12.1 Å². The number of rotatable bonds is 5. The number of nitrogens with one attached hydrogen (secondary N) is 1. The molecule has 0 unspecified atom stereocenters. The first-order valence-electron chi connectivity index (χ1n) is 5.88. The quantitative estimate of drug-likeness (QED) is 0.545. The molecule has 0 amide bonds. The summed E-state index contributed by atoms with van der Waals surface area (Å²) in [7, 11) is 0. The van der Waals surface area contributed by atoms with E-state index in [1.807, 2.05) is 18.2 Å². The zero-order valence-corrected chi connectivity index (χ0v) is 15.3. The van der Waals surface area contributed by atoms with E-state index < -0.39 is 6.61 Å². The van der Waals surface area contributed by atoms with Crippen molar-refractivity contribution in [1.29, 1.82) is 0 Å². The van der Waals surface area contributed by atoms with Gasteiger partial charge in [-0.05, 0) is 62.2 Å². The van der Waals surface area contributed by atoms with Crippen molar-refractivity contribution in [3.63, 3.8) is 0 Å². The predicted molar refractivity (Wildman–Crippen MR) is 89.9 cm³/mol. The Hall–Kier alpha value is -0.660. The standard InChI is InChI=1S/C14H10Br3F2NO/c15-9-4-5-12(21-14(18)19)8(6-9)7-20-13-10(16)2-1-3-11(13)17/h1-6,14,20H,7H2. The van der Waals surface area contributed by atoms with Crippen molar-refractivity contribution in [1.82, 2.24) is 0 Å². The molecule has 0 radical (unpaired) electrons. The first-order chi connectivity index (χ1) is 9.97. The van der Waals surface area contributed by atoms with Crippen LogP contribution in [0.15, 0.2) is 49.8 Å². The number of halogens is 5. The Labute approximate surface area is 146 Å². The maximum atomic E-state index is 12.4. The van der Waals surface area contributed by atoms with Crippen molar-refractivity contribution in [3.8, 4) is 5.75 Å². The Balaban J connectivity index is 2.21. The number of anilines is 1. The minimum Gasteiger partial charge on any atom is -0.434 e. The normalized spacial score (nSPS) is 10.8. The molecule has 0 aliphatic heterocycles. The Bertz CT molecular complexity index is 617. The molecule has 2 aromatic carbocycles. The summed E-state index contributed by atoms with van der Waals surface area (Å²) in [6.45, 7) is -2.50. The third-order valence-electron chi connectivity index (χ3n) is 2.66. The third-order valence-corrected chi connectivity index (χ3v) is 4.47. The van der Waals surface area contributed by atoms with Crippen molar-refractivity contribution in [2.45, 2.75) is 13.2 Å². The zero-order chi connectivity index (χ0) is 15.4. The number of benzene rings is 2. The highest BCUT2D eigenvalue weighted by molar-refractivity contribution is 9.11. The molecule has 0 saturated carbocycles. The van der Waals surface area contributed by atoms with Gasteiger partial charge in [-0.2, -0.15) is 8.78 Å². The molecule has 0 heterocycles. The van der Waals surface area contributed by atoms with Gasteiger partial charge in [-0.1, -0.05) is 22.0 Å². The SMILES string of the molecule is FC(F)Oc1ccc(Br)cc1CNc1c(Br)cccc1Br. The number of hydrogen-bond acceptors (Lipinski definition) is 2. The predicted octanol–water partition coefficient (Wildman–Crippen LogP) is 6.19. The van der Waals surface area contributed by atoms with Gasteiger partial charge in [-0.3, -0.25) is 0 Å². The molecule has 2 rings (SSSR count). The van der Waals surface area contributed by atoms with E-state index >= 15 is 0 Å². The fourth-order valence-electron chi connectivity index (χ4n) is 1.75. The average Bonchev–Trinajstić information content (AvgIpc) is 2.40. The first-order valence-corrected chi connectivity index (χ1v) is 8.26. The maximum absolute atomic E-state index is 12.4. The van der Waals surface area contributed by atoms with Crippen LogP contribution in [0.4, 0.5) is 14.5 Å². The molecule has 0 aliphatic carbocycles. The molecule has 0 spiro atoms. The van der Waals surface area contributed by atoms with Crippen molar-refractivity contribution >= 4 is 53.5 Å². The molecular formula is C14H10Br3F2NO. The van der Waals surface area contributed by atoms with Gasteiger partial charge in [-0.15, -0.1) is 0 Å². The number of alkyl halides is 2. The minimum absolute atomic E-state index is 0.156. The van der Waals surface area contributed by atoms with Crippen LogP contribution in [0.1, 0.15) is 5.56 Å². The summed E-state index contributed by atoms with van der Waals surface area (Å²) in [5.41, 5.74) is 1.48. The van der Waals surface area contributed by atoms with E-state index in [1.165, 1.54) is 6.07 Å². The lowest BCUT2D eigenvalue weighted by molar-refractivity contribution is -0.0504. The molecule has 0 saturated heterocycles. The molecule has 0 atom stereocenters. The van der Waals surface area contributed by atoms with Crippen LogP contribution >= 0.6 is 47.8 Å². The third kappa shape index (κ3) is 4.66. The minimum atomic E-state index is -2.85. The number of hydrogen-bond donors (Lipinski definition) is 1. The fraction of sp³-hybridized carbons (Fsp3) is 0.143. The highest BCUT2D eigenvalue weighted by Gasteiger charge is 2.11. The van der Waals surface area contributed by atoms with Crippen LogP contribution in [-0.4, -0.2) is 6.61 Å². The second-order valence-corrected chi connectivity index (χ2v) is 6.71. The lowest BCUT2D eigenvalue weighted by atomic mass is 10.2. The molecule has 7 heteroatoms. The second kappa shape index (κ2) is 7.56. The van der Waals surface area contributed by atoms with E-state index in [2.05, 4.69) is 57.8 Å². The molecule has 21 heavy (non-hydrogen) atoms. The summed E-state index contributed by atoms with van der Waals surface area (Å²) in [5.74, 6) is 0.156. The van der Waals surface area contributed by atoms with Crippen LogP contribution in [0.2, 0.25) is 0 Å². The van der Waals surface area contributed by atoms with Gasteiger partial charge in [0.05, 0.1) is 5.69 Å². The van der Waals surface area contributed by atoms with Crippen LogP contribution in [-0.2, 0) is 6.54 Å². The number of ether oxygens (including phenoxy) is 1. The maximum Gasteiger partial charge on any atom is 0.387 e. The molecule has 0 fully saturated rings. The molecule has 2 aromatic rings. The van der Waals surface area contributed by atoms with Crippen molar-refractivity contribution in [3.05, 3.63) is 55.4 Å². The van der Waals surface area contributed by atoms with Gasteiger partial charge in [0.1, 0.15) is 5.75 Å². The van der Waals surface area contributed by atoms with Gasteiger partial charge in [0.25, 0.3) is 0 Å². The molecule has 2 nitrogen and oxygen atoms in total. The van der Waals surface area contributed by atoms with Crippen LogP contribution in [0, 0.1) is 0 Å². The Morgan fingerprint density at radius 2 is 1.71 bits per heavy atom. The van der Waals surface area contributed by atoms with Gasteiger partial charge in [-0.25, -0.2) is 0 Å². The van der Waals surface area contributed by atoms with Crippen molar-refractivity contribution < 1.29 is 13.5 Å². The zero-order valence-electron chi connectivity index (χ0n) is 10.5. The van der Waals surface area contributed by atoms with E-state index in [0.717, 1.165) is 19.1 Å². The summed E-state index contributed by atoms with van der Waals surface area (Å²) in [6.07, 6.45) is 0. The van der Waals surface area contributed by atoms with Gasteiger partial charge >= 0.3 is 6.61 Å². The van der Waals surface area contributed by atoms with Gasteiger partial charge in [0, 0.05) is 25.5 Å². The van der Waals surface area contributed by atoms with Crippen LogP contribution < -0.4 is 10.1 Å². The average molecular weight is 486 g/mol. The Morgan fingerprint density at radius 1 is 1.05 bits per heavy atom. The van der Waals surface area contributed by atoms with E-state index in [-0.39, 0.29) is 5.75 Å². The Morgan fingerprint density at radius 3 is 2.33 bits per heavy atom. The van der Waals surface area contributed by atoms with Crippen LogP contribution in [0.25, 0.3) is 0 Å². The highest BCUT2D eigenvalue weighted by Crippen LogP contribution is 2.32. The van der Waals surface area contributed by atoms with E-state index in [0.29, 0.717) is 12.1 Å². The lowest BCUT2D eigenvalue weighted by Gasteiger charge is -2.14. The van der Waals surface area contributed by atoms with Crippen molar-refractivity contribution in [2.75, 3.05) is 5.32 Å². The van der Waals surface area contributed by atoms with Crippen LogP contribution in [0.3, 0.4) is 0 Å². The summed E-state index contributed by atoms with van der Waals surface area (Å²) in [6, 6.07) is 10.6.